The lowest BCUT2D eigenvalue weighted by Crippen LogP contribution is -2.08. The summed E-state index contributed by atoms with van der Waals surface area (Å²) in [5, 5.41) is 0. The van der Waals surface area contributed by atoms with Crippen LogP contribution in [0.3, 0.4) is 0 Å². The second kappa shape index (κ2) is 18.9. The SMILES string of the molecule is C=C(C)C(=O)OCCCCCCCCCCCCCCCCCC([SiH3])(I)I. The Balaban J connectivity index is 3.11. The number of hydrogen-bond acceptors (Lipinski definition) is 2. The van der Waals surface area contributed by atoms with Gasteiger partial charge >= 0.3 is 5.97 Å². The van der Waals surface area contributed by atoms with Crippen LogP contribution in [0.25, 0.3) is 0 Å². The van der Waals surface area contributed by atoms with Gasteiger partial charge < -0.3 is 4.74 Å². The number of unbranched alkanes of at least 4 members (excludes halogenated alkanes) is 14. The molecule has 2 nitrogen and oxygen atoms in total. The van der Waals surface area contributed by atoms with Crippen molar-refractivity contribution in [3.8, 4) is 0 Å². The molecule has 0 atom stereocenters. The van der Waals surface area contributed by atoms with E-state index < -0.39 is 0 Å². The van der Waals surface area contributed by atoms with E-state index in [2.05, 4.69) is 51.8 Å². The van der Waals surface area contributed by atoms with E-state index >= 15 is 0 Å². The zero-order chi connectivity index (χ0) is 20.4. The highest BCUT2D eigenvalue weighted by atomic mass is 127. The molecule has 0 radical (unpaired) electrons. The molecule has 27 heavy (non-hydrogen) atoms. The van der Waals surface area contributed by atoms with Crippen LogP contribution in [0.1, 0.15) is 110 Å². The normalized spacial score (nSPS) is 11.7. The lowest BCUT2D eigenvalue weighted by Gasteiger charge is -2.13. The van der Waals surface area contributed by atoms with E-state index in [-0.39, 0.29) is 5.97 Å². The number of halogens is 2. The summed E-state index contributed by atoms with van der Waals surface area (Å²) in [6, 6.07) is 0. The Bertz CT molecular complexity index is 381. The van der Waals surface area contributed by atoms with Crippen molar-refractivity contribution in [2.24, 2.45) is 0 Å². The van der Waals surface area contributed by atoms with Crippen molar-refractivity contribution in [1.29, 1.82) is 0 Å². The maximum absolute atomic E-state index is 11.2. The van der Waals surface area contributed by atoms with Crippen LogP contribution in [0, 0.1) is 0 Å². The van der Waals surface area contributed by atoms with Crippen LogP contribution in [0.5, 0.6) is 0 Å². The number of alkyl halides is 2. The van der Waals surface area contributed by atoms with Crippen LogP contribution in [0.15, 0.2) is 12.2 Å². The van der Waals surface area contributed by atoms with Gasteiger partial charge in [0, 0.05) is 15.8 Å². The highest BCUT2D eigenvalue weighted by molar-refractivity contribution is 14.2. The molecule has 0 aromatic rings. The van der Waals surface area contributed by atoms with Gasteiger partial charge in [0.05, 0.1) is 7.66 Å². The Kier molecular flexibility index (Phi) is 19.5. The number of rotatable bonds is 19. The summed E-state index contributed by atoms with van der Waals surface area (Å²) < 4.78 is 5.69. The van der Waals surface area contributed by atoms with Crippen molar-refractivity contribution in [3.63, 3.8) is 0 Å². The van der Waals surface area contributed by atoms with Gasteiger partial charge in [-0.3, -0.25) is 0 Å². The highest BCUT2D eigenvalue weighted by Crippen LogP contribution is 2.29. The minimum Gasteiger partial charge on any atom is -0.462 e. The fourth-order valence-electron chi connectivity index (χ4n) is 3.12. The van der Waals surface area contributed by atoms with Crippen molar-refractivity contribution >= 4 is 61.4 Å². The average molecular weight is 620 g/mol. The quantitative estimate of drug-likeness (QED) is 0.0381. The molecule has 0 bridgehead atoms. The standard InChI is InChI=1S/C22H42I2O2Si/c1-20(2)21(25)26-19-17-15-13-11-9-7-5-3-4-6-8-10-12-14-16-18-22(23,24)27/h1,3-19H2,2,27H3. The molecule has 0 aliphatic rings. The maximum Gasteiger partial charge on any atom is 0.333 e. The molecule has 0 heterocycles. The third-order valence-electron chi connectivity index (χ3n) is 4.84. The zero-order valence-corrected chi connectivity index (χ0v) is 24.1. The minimum atomic E-state index is -0.253. The molecule has 0 aromatic heterocycles. The average Bonchev–Trinajstić information content (AvgIpc) is 2.59. The predicted octanol–water partition coefficient (Wildman–Crippen LogP) is 7.24. The second-order valence-electron chi connectivity index (χ2n) is 8.04. The van der Waals surface area contributed by atoms with Crippen LogP contribution < -0.4 is 0 Å². The third-order valence-corrected chi connectivity index (χ3v) is 6.42. The van der Waals surface area contributed by atoms with Gasteiger partial charge in [0.2, 0.25) is 0 Å². The molecule has 5 heteroatoms. The molecule has 0 aliphatic carbocycles. The van der Waals surface area contributed by atoms with E-state index in [4.69, 9.17) is 4.74 Å². The fourth-order valence-corrected chi connectivity index (χ4v) is 4.24. The first-order valence-electron chi connectivity index (χ1n) is 11.0. The fraction of sp³-hybridized carbons (Fsp3) is 0.864. The summed E-state index contributed by atoms with van der Waals surface area (Å²) >= 11 is 5.23. The minimum absolute atomic E-state index is 0.253. The predicted molar refractivity (Wildman–Crippen MR) is 140 cm³/mol. The molecule has 0 spiro atoms. The van der Waals surface area contributed by atoms with E-state index in [1.807, 2.05) is 0 Å². The van der Waals surface area contributed by atoms with E-state index in [1.54, 1.807) is 6.92 Å². The van der Waals surface area contributed by atoms with Gasteiger partial charge in [-0.05, 0) is 19.8 Å². The van der Waals surface area contributed by atoms with Crippen LogP contribution in [0.4, 0.5) is 0 Å². The number of carbonyl (C=O) groups excluding carboxylic acids is 1. The molecule has 0 rings (SSSR count). The molecule has 0 amide bonds. The largest absolute Gasteiger partial charge is 0.462 e. The van der Waals surface area contributed by atoms with Gasteiger partial charge in [0.1, 0.15) is 0 Å². The summed E-state index contributed by atoms with van der Waals surface area (Å²) in [7, 11) is 1.30. The van der Waals surface area contributed by atoms with Crippen molar-refractivity contribution in [1.82, 2.24) is 0 Å². The molecular formula is C22H42I2O2Si. The number of esters is 1. The topological polar surface area (TPSA) is 26.3 Å². The number of hydrogen-bond donors (Lipinski definition) is 0. The Morgan fingerprint density at radius 1 is 0.778 bits per heavy atom. The lowest BCUT2D eigenvalue weighted by molar-refractivity contribution is -0.139. The molecule has 0 fully saturated rings. The van der Waals surface area contributed by atoms with Gasteiger partial charge in [-0.1, -0.05) is 142 Å². The molecule has 0 aliphatic heterocycles. The third kappa shape index (κ3) is 23.0. The molecule has 0 saturated carbocycles. The van der Waals surface area contributed by atoms with Gasteiger partial charge in [-0.25, -0.2) is 4.79 Å². The van der Waals surface area contributed by atoms with Crippen LogP contribution >= 0.6 is 45.2 Å². The van der Waals surface area contributed by atoms with Crippen LogP contribution in [0.2, 0.25) is 0 Å². The summed E-state index contributed by atoms with van der Waals surface area (Å²) in [5.41, 5.74) is 0.492. The Labute approximate surface area is 199 Å². The summed E-state index contributed by atoms with van der Waals surface area (Å²) in [4.78, 5) is 11.2. The first kappa shape index (κ1) is 27.9. The van der Waals surface area contributed by atoms with E-state index in [1.165, 1.54) is 107 Å². The van der Waals surface area contributed by atoms with E-state index in [9.17, 15) is 4.79 Å². The smallest absolute Gasteiger partial charge is 0.333 e. The maximum atomic E-state index is 11.2. The van der Waals surface area contributed by atoms with Crippen LogP contribution in [-0.2, 0) is 9.53 Å². The monoisotopic (exact) mass is 620 g/mol. The number of ether oxygens (including phenoxy) is 1. The molecular weight excluding hydrogens is 578 g/mol. The van der Waals surface area contributed by atoms with Crippen molar-refractivity contribution < 1.29 is 9.53 Å². The van der Waals surface area contributed by atoms with Crippen molar-refractivity contribution in [3.05, 3.63) is 12.2 Å². The Morgan fingerprint density at radius 2 is 1.11 bits per heavy atom. The zero-order valence-electron chi connectivity index (χ0n) is 17.8. The first-order valence-corrected chi connectivity index (χ1v) is 14.2. The highest BCUT2D eigenvalue weighted by Gasteiger charge is 2.12. The Morgan fingerprint density at radius 3 is 1.44 bits per heavy atom. The number of carbonyl (C=O) groups is 1. The summed E-state index contributed by atoms with van der Waals surface area (Å²) in [5.74, 6) is -0.253. The van der Waals surface area contributed by atoms with Gasteiger partial charge in [-0.2, -0.15) is 0 Å². The summed E-state index contributed by atoms with van der Waals surface area (Å²) in [6.45, 7) is 5.82. The van der Waals surface area contributed by atoms with Gasteiger partial charge in [0.25, 0.3) is 0 Å². The molecule has 0 saturated heterocycles. The molecule has 0 aromatic carbocycles. The van der Waals surface area contributed by atoms with Crippen molar-refractivity contribution in [2.75, 3.05) is 6.61 Å². The lowest BCUT2D eigenvalue weighted by atomic mass is 10.0. The van der Waals surface area contributed by atoms with Gasteiger partial charge in [-0.15, -0.1) is 0 Å². The van der Waals surface area contributed by atoms with Gasteiger partial charge in [0.15, 0.2) is 0 Å². The molecule has 0 N–H and O–H groups in total. The summed E-state index contributed by atoms with van der Waals surface area (Å²) in [6.07, 6.45) is 21.8. The first-order chi connectivity index (χ1) is 12.8. The van der Waals surface area contributed by atoms with Crippen LogP contribution in [-0.4, -0.2) is 23.9 Å². The molecule has 160 valence electrons. The Hall–Kier alpha value is 0.887. The van der Waals surface area contributed by atoms with E-state index in [0.717, 1.165) is 6.42 Å². The molecule has 0 unspecified atom stereocenters. The van der Waals surface area contributed by atoms with Crippen molar-refractivity contribution in [2.45, 2.75) is 111 Å². The van der Waals surface area contributed by atoms with E-state index in [0.29, 0.717) is 13.2 Å². The second-order valence-corrected chi connectivity index (χ2v) is 20.6.